The van der Waals surface area contributed by atoms with Crippen LogP contribution in [0.4, 0.5) is 4.79 Å². The molecule has 2 amide bonds. The maximum atomic E-state index is 12.2. The first-order valence-electron chi connectivity index (χ1n) is 10.8. The quantitative estimate of drug-likeness (QED) is 0.609. The third-order valence-electron chi connectivity index (χ3n) is 5.58. The van der Waals surface area contributed by atoms with Crippen LogP contribution in [0.2, 0.25) is 0 Å². The van der Waals surface area contributed by atoms with Gasteiger partial charge in [0.15, 0.2) is 0 Å². The summed E-state index contributed by atoms with van der Waals surface area (Å²) in [6.07, 6.45) is 4.99. The van der Waals surface area contributed by atoms with E-state index in [4.69, 9.17) is 9.47 Å². The summed E-state index contributed by atoms with van der Waals surface area (Å²) in [4.78, 5) is 31.9. The van der Waals surface area contributed by atoms with Crippen molar-refractivity contribution in [3.05, 3.63) is 54.4 Å². The van der Waals surface area contributed by atoms with Crippen molar-refractivity contribution in [3.63, 3.8) is 0 Å². The topological polar surface area (TPSA) is 76.9 Å². The first-order valence-corrected chi connectivity index (χ1v) is 10.8. The highest BCUT2D eigenvalue weighted by Gasteiger charge is 2.24. The molecule has 8 nitrogen and oxygen atoms in total. The van der Waals surface area contributed by atoms with E-state index in [1.165, 1.54) is 0 Å². The standard InChI is InChI=1S/C24H28N4O4/c1-4-31-24(30)27-12-10-19(11-13-27)32-20-6-8-22(25-16-20)28-14-9-17-15-18(5-7-21(17)28)23(29)26(2)3/h5-9,14-16,19H,4,10-13H2,1-3H3. The van der Waals surface area contributed by atoms with Crippen molar-refractivity contribution >= 4 is 22.9 Å². The highest BCUT2D eigenvalue weighted by molar-refractivity contribution is 5.98. The number of fused-ring (bicyclic) bond motifs is 1. The van der Waals surface area contributed by atoms with Crippen molar-refractivity contribution in [2.24, 2.45) is 0 Å². The number of aromatic nitrogens is 2. The van der Waals surface area contributed by atoms with Gasteiger partial charge in [-0.2, -0.15) is 0 Å². The molecule has 0 unspecified atom stereocenters. The number of rotatable bonds is 5. The van der Waals surface area contributed by atoms with Gasteiger partial charge in [0, 0.05) is 57.2 Å². The zero-order valence-electron chi connectivity index (χ0n) is 18.7. The number of piperidine rings is 1. The number of pyridine rings is 1. The average molecular weight is 437 g/mol. The fourth-order valence-electron chi connectivity index (χ4n) is 3.88. The van der Waals surface area contributed by atoms with E-state index in [9.17, 15) is 9.59 Å². The number of hydrogen-bond donors (Lipinski definition) is 0. The van der Waals surface area contributed by atoms with Crippen LogP contribution in [0.3, 0.4) is 0 Å². The zero-order chi connectivity index (χ0) is 22.7. The lowest BCUT2D eigenvalue weighted by molar-refractivity contribution is 0.0701. The number of nitrogens with zero attached hydrogens (tertiary/aromatic N) is 4. The van der Waals surface area contributed by atoms with Gasteiger partial charge < -0.3 is 23.8 Å². The fraction of sp³-hybridized carbons (Fsp3) is 0.375. The third kappa shape index (κ3) is 4.54. The monoisotopic (exact) mass is 436 g/mol. The predicted octanol–water partition coefficient (Wildman–Crippen LogP) is 3.73. The van der Waals surface area contributed by atoms with Crippen molar-refractivity contribution in [3.8, 4) is 11.6 Å². The van der Waals surface area contributed by atoms with Crippen LogP contribution in [0.25, 0.3) is 16.7 Å². The molecule has 3 heterocycles. The molecule has 4 rings (SSSR count). The molecule has 0 atom stereocenters. The molecule has 2 aromatic heterocycles. The summed E-state index contributed by atoms with van der Waals surface area (Å²) in [6.45, 7) is 3.45. The molecule has 8 heteroatoms. The van der Waals surface area contributed by atoms with Gasteiger partial charge in [0.2, 0.25) is 0 Å². The van der Waals surface area contributed by atoms with Gasteiger partial charge in [-0.15, -0.1) is 0 Å². The second-order valence-corrected chi connectivity index (χ2v) is 8.01. The summed E-state index contributed by atoms with van der Waals surface area (Å²) in [5, 5.41) is 0.980. The molecule has 168 valence electrons. The van der Waals surface area contributed by atoms with Crippen LogP contribution in [0.15, 0.2) is 48.8 Å². The van der Waals surface area contributed by atoms with Gasteiger partial charge in [0.05, 0.1) is 18.3 Å². The third-order valence-corrected chi connectivity index (χ3v) is 5.58. The fourth-order valence-corrected chi connectivity index (χ4v) is 3.88. The van der Waals surface area contributed by atoms with Crippen molar-refractivity contribution < 1.29 is 19.1 Å². The Kier molecular flexibility index (Phi) is 6.30. The average Bonchev–Trinajstić information content (AvgIpc) is 3.23. The highest BCUT2D eigenvalue weighted by Crippen LogP contribution is 2.24. The van der Waals surface area contributed by atoms with Crippen LogP contribution in [-0.4, -0.2) is 71.2 Å². The molecule has 3 aromatic rings. The molecule has 0 N–H and O–H groups in total. The van der Waals surface area contributed by atoms with Gasteiger partial charge in [-0.05, 0) is 43.3 Å². The highest BCUT2D eigenvalue weighted by atomic mass is 16.6. The van der Waals surface area contributed by atoms with Gasteiger partial charge in [-0.3, -0.25) is 4.79 Å². The van der Waals surface area contributed by atoms with E-state index in [-0.39, 0.29) is 18.1 Å². The lowest BCUT2D eigenvalue weighted by atomic mass is 10.1. The maximum absolute atomic E-state index is 12.2. The SMILES string of the molecule is CCOC(=O)N1CCC(Oc2ccc(-n3ccc4cc(C(=O)N(C)C)ccc43)nc2)CC1. The second kappa shape index (κ2) is 9.30. The smallest absolute Gasteiger partial charge is 0.409 e. The van der Waals surface area contributed by atoms with Crippen molar-refractivity contribution in [2.45, 2.75) is 25.9 Å². The van der Waals surface area contributed by atoms with E-state index in [1.807, 2.05) is 54.1 Å². The molecule has 1 saturated heterocycles. The molecule has 32 heavy (non-hydrogen) atoms. The first kappa shape index (κ1) is 21.7. The van der Waals surface area contributed by atoms with Crippen molar-refractivity contribution in [1.82, 2.24) is 19.4 Å². The van der Waals surface area contributed by atoms with Crippen LogP contribution >= 0.6 is 0 Å². The zero-order valence-corrected chi connectivity index (χ0v) is 18.7. The van der Waals surface area contributed by atoms with E-state index in [1.54, 1.807) is 30.1 Å². The largest absolute Gasteiger partial charge is 0.489 e. The van der Waals surface area contributed by atoms with E-state index in [0.717, 1.165) is 29.6 Å². The van der Waals surface area contributed by atoms with E-state index < -0.39 is 0 Å². The van der Waals surface area contributed by atoms with Crippen LogP contribution in [0.5, 0.6) is 5.75 Å². The van der Waals surface area contributed by atoms with Gasteiger partial charge in [0.1, 0.15) is 17.7 Å². The summed E-state index contributed by atoms with van der Waals surface area (Å²) in [5.74, 6) is 1.46. The molecular formula is C24H28N4O4. The minimum atomic E-state index is -0.255. The summed E-state index contributed by atoms with van der Waals surface area (Å²) in [5.41, 5.74) is 1.64. The summed E-state index contributed by atoms with van der Waals surface area (Å²) in [7, 11) is 3.49. The number of amides is 2. The maximum Gasteiger partial charge on any atom is 0.409 e. The van der Waals surface area contributed by atoms with Crippen LogP contribution in [0.1, 0.15) is 30.1 Å². The second-order valence-electron chi connectivity index (χ2n) is 8.01. The Hall–Kier alpha value is -3.55. The Morgan fingerprint density at radius 3 is 2.56 bits per heavy atom. The summed E-state index contributed by atoms with van der Waals surface area (Å²) >= 11 is 0. The van der Waals surface area contributed by atoms with Crippen molar-refractivity contribution in [2.75, 3.05) is 33.8 Å². The molecule has 1 aromatic carbocycles. The first-order chi connectivity index (χ1) is 15.5. The minimum Gasteiger partial charge on any atom is -0.489 e. The Labute approximate surface area is 187 Å². The summed E-state index contributed by atoms with van der Waals surface area (Å²) in [6, 6.07) is 11.5. The van der Waals surface area contributed by atoms with E-state index in [2.05, 4.69) is 4.98 Å². The van der Waals surface area contributed by atoms with Gasteiger partial charge in [-0.1, -0.05) is 0 Å². The van der Waals surface area contributed by atoms with E-state index >= 15 is 0 Å². The van der Waals surface area contributed by atoms with Crippen LogP contribution in [-0.2, 0) is 4.74 Å². The number of carbonyl (C=O) groups excluding carboxylic acids is 2. The Bertz CT molecular complexity index is 1100. The number of ether oxygens (including phenoxy) is 2. The molecule has 0 bridgehead atoms. The van der Waals surface area contributed by atoms with Gasteiger partial charge in [0.25, 0.3) is 5.91 Å². The molecule has 1 aliphatic heterocycles. The summed E-state index contributed by atoms with van der Waals surface area (Å²) < 4.78 is 13.1. The van der Waals surface area contributed by atoms with Gasteiger partial charge in [-0.25, -0.2) is 9.78 Å². The molecule has 1 fully saturated rings. The Morgan fingerprint density at radius 2 is 1.91 bits per heavy atom. The lowest BCUT2D eigenvalue weighted by Gasteiger charge is -2.31. The number of likely N-dealkylation sites (tertiary alicyclic amines) is 1. The Balaban J connectivity index is 1.41. The van der Waals surface area contributed by atoms with Crippen LogP contribution in [0, 0.1) is 0 Å². The number of benzene rings is 1. The molecule has 0 aliphatic carbocycles. The van der Waals surface area contributed by atoms with Gasteiger partial charge >= 0.3 is 6.09 Å². The normalized spacial score (nSPS) is 14.4. The Morgan fingerprint density at radius 1 is 1.12 bits per heavy atom. The number of carbonyl (C=O) groups is 2. The molecule has 0 spiro atoms. The minimum absolute atomic E-state index is 0.0210. The van der Waals surface area contributed by atoms with Crippen LogP contribution < -0.4 is 4.74 Å². The molecule has 0 radical (unpaired) electrons. The molecule has 0 saturated carbocycles. The predicted molar refractivity (Wildman–Crippen MR) is 121 cm³/mol. The molecule has 1 aliphatic rings. The van der Waals surface area contributed by atoms with E-state index in [0.29, 0.717) is 31.0 Å². The number of hydrogen-bond acceptors (Lipinski definition) is 5. The molecular weight excluding hydrogens is 408 g/mol. The lowest BCUT2D eigenvalue weighted by Crippen LogP contribution is -2.42. The van der Waals surface area contributed by atoms with Crippen molar-refractivity contribution in [1.29, 1.82) is 0 Å².